The lowest BCUT2D eigenvalue weighted by atomic mass is 10.3. The third-order valence-electron chi connectivity index (χ3n) is 2.66. The van der Waals surface area contributed by atoms with Crippen LogP contribution in [0.15, 0.2) is 29.2 Å². The van der Waals surface area contributed by atoms with Gasteiger partial charge in [0.2, 0.25) is 9.84 Å². The Labute approximate surface area is 125 Å². The highest BCUT2D eigenvalue weighted by Crippen LogP contribution is 2.22. The zero-order chi connectivity index (χ0) is 15.3. The van der Waals surface area contributed by atoms with Crippen LogP contribution in [0.5, 0.6) is 0 Å². The molecule has 0 fully saturated rings. The van der Waals surface area contributed by atoms with Gasteiger partial charge in [-0.3, -0.25) is 0 Å². The first-order valence-electron chi connectivity index (χ1n) is 5.75. The molecule has 0 radical (unpaired) electrons. The Bertz CT molecular complexity index is 522. The summed E-state index contributed by atoms with van der Waals surface area (Å²) in [4.78, 5) is 1.61. The molecule has 0 saturated heterocycles. The maximum Gasteiger partial charge on any atom is 0.341 e. The van der Waals surface area contributed by atoms with Gasteiger partial charge in [0.25, 0.3) is 0 Å². The number of ether oxygens (including phenoxy) is 1. The lowest BCUT2D eigenvalue weighted by Gasteiger charge is -2.22. The first kappa shape index (κ1) is 17.3. The molecule has 0 bridgehead atoms. The average molecular weight is 372 g/mol. The normalized spacial score (nSPS) is 13.5. The van der Waals surface area contributed by atoms with E-state index >= 15 is 0 Å². The Morgan fingerprint density at radius 2 is 1.85 bits per heavy atom. The molecule has 20 heavy (non-hydrogen) atoms. The fourth-order valence-electron chi connectivity index (χ4n) is 1.63. The van der Waals surface area contributed by atoms with Crippen LogP contribution in [-0.4, -0.2) is 46.3 Å². The number of hydrogen-bond donors (Lipinski definition) is 0. The molecule has 0 amide bonds. The highest BCUT2D eigenvalue weighted by atomic mass is 79.9. The van der Waals surface area contributed by atoms with E-state index in [1.807, 2.05) is 11.9 Å². The molecule has 1 rings (SSSR count). The van der Waals surface area contributed by atoms with Crippen molar-refractivity contribution in [1.82, 2.24) is 0 Å². The van der Waals surface area contributed by atoms with Crippen molar-refractivity contribution in [3.63, 3.8) is 0 Å². The molecule has 0 saturated carbocycles. The van der Waals surface area contributed by atoms with E-state index in [0.29, 0.717) is 13.2 Å². The van der Waals surface area contributed by atoms with Gasteiger partial charge in [-0.25, -0.2) is 8.42 Å². The molecule has 0 heterocycles. The topological polar surface area (TPSA) is 46.6 Å². The Balaban J connectivity index is 2.81. The van der Waals surface area contributed by atoms with E-state index < -0.39 is 15.6 Å². The summed E-state index contributed by atoms with van der Waals surface area (Å²) in [6.07, 6.45) is 0. The van der Waals surface area contributed by atoms with E-state index in [-0.39, 0.29) is 9.72 Å². The van der Waals surface area contributed by atoms with E-state index in [1.54, 1.807) is 7.11 Å². The molecule has 1 aromatic carbocycles. The molecular weight excluding hydrogens is 356 g/mol. The Kier molecular flexibility index (Phi) is 6.35. The smallest absolute Gasteiger partial charge is 0.341 e. The van der Waals surface area contributed by atoms with Crippen LogP contribution < -0.4 is 4.90 Å². The summed E-state index contributed by atoms with van der Waals surface area (Å²) in [6, 6.07) is 5.38. The summed E-state index contributed by atoms with van der Waals surface area (Å²) < 4.78 is 52.4. The van der Waals surface area contributed by atoms with Crippen molar-refractivity contribution in [3.05, 3.63) is 24.3 Å². The van der Waals surface area contributed by atoms with Crippen molar-refractivity contribution in [2.75, 3.05) is 32.2 Å². The maximum atomic E-state index is 12.4. The van der Waals surface area contributed by atoms with E-state index in [2.05, 4.69) is 15.9 Å². The van der Waals surface area contributed by atoms with E-state index in [1.165, 1.54) is 24.3 Å². The first-order valence-corrected chi connectivity index (χ1v) is 8.21. The zero-order valence-electron chi connectivity index (χ0n) is 11.1. The summed E-state index contributed by atoms with van der Waals surface area (Å²) >= 11 is 3.44. The predicted molar refractivity (Wildman–Crippen MR) is 77.5 cm³/mol. The summed E-state index contributed by atoms with van der Waals surface area (Å²) in [7, 11) is -1.12. The summed E-state index contributed by atoms with van der Waals surface area (Å²) in [5, 5.41) is 0. The van der Waals surface area contributed by atoms with Crippen molar-refractivity contribution in [2.24, 2.45) is 0 Å². The van der Waals surface area contributed by atoms with Crippen molar-refractivity contribution in [2.45, 2.75) is 15.5 Å². The van der Waals surface area contributed by atoms with Crippen molar-refractivity contribution in [1.29, 1.82) is 0 Å². The maximum absolute atomic E-state index is 12.4. The van der Waals surface area contributed by atoms with Gasteiger partial charge in [0, 0.05) is 26.4 Å². The van der Waals surface area contributed by atoms with Crippen LogP contribution in [0.3, 0.4) is 0 Å². The van der Waals surface area contributed by atoms with E-state index in [0.717, 1.165) is 5.69 Å². The van der Waals surface area contributed by atoms with Crippen molar-refractivity contribution >= 4 is 31.5 Å². The number of nitrogens with zero attached hydrogens (tertiary/aromatic N) is 1. The second kappa shape index (κ2) is 7.33. The number of anilines is 1. The van der Waals surface area contributed by atoms with Crippen LogP contribution in [0, 0.1) is 0 Å². The monoisotopic (exact) mass is 371 g/mol. The van der Waals surface area contributed by atoms with Gasteiger partial charge in [-0.15, -0.1) is 0 Å². The first-order chi connectivity index (χ1) is 9.28. The fourth-order valence-corrected chi connectivity index (χ4v) is 3.05. The largest absolute Gasteiger partial charge is 0.383 e. The molecule has 0 aromatic heterocycles. The van der Waals surface area contributed by atoms with Crippen LogP contribution in [0.4, 0.5) is 14.5 Å². The van der Waals surface area contributed by atoms with Gasteiger partial charge < -0.3 is 9.64 Å². The number of rotatable bonds is 7. The lowest BCUT2D eigenvalue weighted by Crippen LogP contribution is -2.28. The molecule has 4 nitrogen and oxygen atoms in total. The number of alkyl halides is 3. The number of sulfone groups is 1. The third kappa shape index (κ3) is 4.39. The molecule has 1 atom stereocenters. The molecular formula is C12H16BrF2NO3S. The molecule has 0 aliphatic carbocycles. The SMILES string of the molecule is COCC(Br)CN(C)c1ccc(S(=O)(=O)C(F)F)cc1. The minimum absolute atomic E-state index is 0.113. The number of methoxy groups -OCH3 is 1. The number of benzene rings is 1. The van der Waals surface area contributed by atoms with E-state index in [9.17, 15) is 17.2 Å². The van der Waals surface area contributed by atoms with Gasteiger partial charge in [0.15, 0.2) is 0 Å². The summed E-state index contributed by atoms with van der Waals surface area (Å²) in [6.45, 7) is 1.16. The molecule has 0 aliphatic rings. The van der Waals surface area contributed by atoms with Crippen LogP contribution in [0.25, 0.3) is 0 Å². The number of hydrogen-bond acceptors (Lipinski definition) is 4. The summed E-state index contributed by atoms with van der Waals surface area (Å²) in [5.41, 5.74) is 0.735. The van der Waals surface area contributed by atoms with Gasteiger partial charge in [0.05, 0.1) is 16.3 Å². The van der Waals surface area contributed by atoms with Crippen LogP contribution in [-0.2, 0) is 14.6 Å². The molecule has 114 valence electrons. The molecule has 1 unspecified atom stereocenters. The predicted octanol–water partition coefficient (Wildman–Crippen LogP) is 2.53. The third-order valence-corrected chi connectivity index (χ3v) is 4.61. The fraction of sp³-hybridized carbons (Fsp3) is 0.500. The molecule has 0 spiro atoms. The highest BCUT2D eigenvalue weighted by molar-refractivity contribution is 9.09. The average Bonchev–Trinajstić information content (AvgIpc) is 2.38. The zero-order valence-corrected chi connectivity index (χ0v) is 13.5. The standard InChI is InChI=1S/C12H16BrF2NO3S/c1-16(7-9(13)8-19-2)10-3-5-11(6-4-10)20(17,18)12(14)15/h3-6,9,12H,7-8H2,1-2H3. The Morgan fingerprint density at radius 3 is 2.30 bits per heavy atom. The molecule has 8 heteroatoms. The highest BCUT2D eigenvalue weighted by Gasteiger charge is 2.26. The number of halogens is 3. The van der Waals surface area contributed by atoms with Gasteiger partial charge in [0.1, 0.15) is 0 Å². The van der Waals surface area contributed by atoms with Crippen LogP contribution in [0.2, 0.25) is 0 Å². The molecule has 0 aliphatic heterocycles. The molecule has 1 aromatic rings. The van der Waals surface area contributed by atoms with Gasteiger partial charge in [-0.05, 0) is 24.3 Å². The lowest BCUT2D eigenvalue weighted by molar-refractivity contribution is 0.202. The van der Waals surface area contributed by atoms with Crippen LogP contribution in [0.1, 0.15) is 0 Å². The second-order valence-corrected chi connectivity index (χ2v) is 7.45. The van der Waals surface area contributed by atoms with Gasteiger partial charge in [-0.2, -0.15) is 8.78 Å². The Hall–Kier alpha value is -0.730. The Morgan fingerprint density at radius 1 is 1.30 bits per heavy atom. The van der Waals surface area contributed by atoms with Gasteiger partial charge in [-0.1, -0.05) is 15.9 Å². The second-order valence-electron chi connectivity index (χ2n) is 4.23. The summed E-state index contributed by atoms with van der Waals surface area (Å²) in [5.74, 6) is -3.40. The van der Waals surface area contributed by atoms with E-state index in [4.69, 9.17) is 4.74 Å². The molecule has 0 N–H and O–H groups in total. The van der Waals surface area contributed by atoms with Gasteiger partial charge >= 0.3 is 5.76 Å². The quantitative estimate of drug-likeness (QED) is 0.691. The van der Waals surface area contributed by atoms with Crippen molar-refractivity contribution < 1.29 is 21.9 Å². The minimum Gasteiger partial charge on any atom is -0.383 e. The minimum atomic E-state index is -4.53. The van der Waals surface area contributed by atoms with Crippen LogP contribution >= 0.6 is 15.9 Å². The van der Waals surface area contributed by atoms with Crippen molar-refractivity contribution in [3.8, 4) is 0 Å².